The largest absolute Gasteiger partial charge is 0.392 e. The second kappa shape index (κ2) is 6.17. The van der Waals surface area contributed by atoms with Crippen molar-refractivity contribution in [2.45, 2.75) is 25.3 Å². The van der Waals surface area contributed by atoms with E-state index in [2.05, 4.69) is 20.7 Å². The number of benzene rings is 2. The van der Waals surface area contributed by atoms with Gasteiger partial charge in [0.05, 0.1) is 17.2 Å². The van der Waals surface area contributed by atoms with Crippen molar-refractivity contribution in [2.24, 2.45) is 0 Å². The Bertz CT molecular complexity index is 772. The molecule has 2 rings (SSSR count). The highest BCUT2D eigenvalue weighted by molar-refractivity contribution is 9.10. The first-order chi connectivity index (χ1) is 9.83. The van der Waals surface area contributed by atoms with Crippen molar-refractivity contribution >= 4 is 31.6 Å². The number of aryl methyl sites for hydroxylation is 2. The molecule has 0 amide bonds. The number of aliphatic hydroxyl groups excluding tert-OH is 1. The van der Waals surface area contributed by atoms with Gasteiger partial charge in [0, 0.05) is 4.47 Å². The molecule has 0 atom stereocenters. The quantitative estimate of drug-likeness (QED) is 0.867. The Morgan fingerprint density at radius 2 is 1.86 bits per heavy atom. The topological polar surface area (TPSA) is 66.4 Å². The van der Waals surface area contributed by atoms with E-state index in [9.17, 15) is 13.5 Å². The number of sulfonamides is 1. The predicted octanol–water partition coefficient (Wildman–Crippen LogP) is 3.36. The summed E-state index contributed by atoms with van der Waals surface area (Å²) >= 11 is 3.33. The molecule has 0 unspecified atom stereocenters. The lowest BCUT2D eigenvalue weighted by molar-refractivity contribution is 0.281. The van der Waals surface area contributed by atoms with E-state index in [4.69, 9.17) is 0 Å². The fourth-order valence-electron chi connectivity index (χ4n) is 1.91. The smallest absolute Gasteiger partial charge is 0.261 e. The van der Waals surface area contributed by atoms with Gasteiger partial charge >= 0.3 is 0 Å². The molecule has 0 saturated carbocycles. The molecule has 0 aliphatic rings. The summed E-state index contributed by atoms with van der Waals surface area (Å²) in [6.07, 6.45) is 0. The molecular weight excluding hydrogens is 354 g/mol. The van der Waals surface area contributed by atoms with Gasteiger partial charge in [-0.15, -0.1) is 0 Å². The summed E-state index contributed by atoms with van der Waals surface area (Å²) in [5.41, 5.74) is 2.89. The van der Waals surface area contributed by atoms with E-state index in [1.807, 2.05) is 19.9 Å². The van der Waals surface area contributed by atoms with Crippen LogP contribution in [0.5, 0.6) is 0 Å². The van der Waals surface area contributed by atoms with Gasteiger partial charge in [-0.2, -0.15) is 0 Å². The van der Waals surface area contributed by atoms with Crippen LogP contribution in [-0.4, -0.2) is 13.5 Å². The molecule has 0 aromatic heterocycles. The first-order valence-electron chi connectivity index (χ1n) is 6.33. The molecule has 6 heteroatoms. The third-order valence-corrected chi connectivity index (χ3v) is 5.22. The first kappa shape index (κ1) is 16.0. The minimum Gasteiger partial charge on any atom is -0.392 e. The lowest BCUT2D eigenvalue weighted by Gasteiger charge is -2.12. The standard InChI is InChI=1S/C15H16BrNO3S/c1-10-3-6-14(16)15(7-10)17-21(19,20)13-5-4-11(2)12(8-13)9-18/h3-8,17-18H,9H2,1-2H3. The van der Waals surface area contributed by atoms with Crippen LogP contribution >= 0.6 is 15.9 Å². The number of rotatable bonds is 4. The maximum Gasteiger partial charge on any atom is 0.261 e. The molecule has 0 fully saturated rings. The minimum absolute atomic E-state index is 0.130. The third-order valence-electron chi connectivity index (χ3n) is 3.17. The average Bonchev–Trinajstić information content (AvgIpc) is 2.43. The maximum absolute atomic E-state index is 12.4. The zero-order valence-electron chi connectivity index (χ0n) is 11.7. The maximum atomic E-state index is 12.4. The van der Waals surface area contributed by atoms with Gasteiger partial charge < -0.3 is 5.11 Å². The van der Waals surface area contributed by atoms with Gasteiger partial charge in [0.15, 0.2) is 0 Å². The zero-order chi connectivity index (χ0) is 15.6. The van der Waals surface area contributed by atoms with E-state index in [1.54, 1.807) is 18.2 Å². The molecule has 0 heterocycles. The summed E-state index contributed by atoms with van der Waals surface area (Å²) in [6.45, 7) is 3.52. The monoisotopic (exact) mass is 369 g/mol. The Kier molecular flexibility index (Phi) is 4.70. The second-order valence-electron chi connectivity index (χ2n) is 4.84. The lowest BCUT2D eigenvalue weighted by atomic mass is 10.1. The van der Waals surface area contributed by atoms with E-state index in [1.165, 1.54) is 12.1 Å². The van der Waals surface area contributed by atoms with Crippen molar-refractivity contribution in [3.05, 3.63) is 57.6 Å². The van der Waals surface area contributed by atoms with Crippen LogP contribution < -0.4 is 4.72 Å². The summed E-state index contributed by atoms with van der Waals surface area (Å²) < 4.78 is 28.1. The molecule has 0 radical (unpaired) electrons. The molecule has 4 nitrogen and oxygen atoms in total. The van der Waals surface area contributed by atoms with Crippen LogP contribution in [-0.2, 0) is 16.6 Å². The molecule has 112 valence electrons. The highest BCUT2D eigenvalue weighted by Crippen LogP contribution is 2.26. The normalized spacial score (nSPS) is 11.4. The van der Waals surface area contributed by atoms with Crippen molar-refractivity contribution in [1.29, 1.82) is 0 Å². The Morgan fingerprint density at radius 1 is 1.14 bits per heavy atom. The van der Waals surface area contributed by atoms with Gasteiger partial charge in [0.25, 0.3) is 10.0 Å². The fraction of sp³-hybridized carbons (Fsp3) is 0.200. The van der Waals surface area contributed by atoms with Crippen molar-refractivity contribution in [3.63, 3.8) is 0 Å². The average molecular weight is 370 g/mol. The van der Waals surface area contributed by atoms with E-state index in [0.717, 1.165) is 11.1 Å². The number of nitrogens with one attached hydrogen (secondary N) is 1. The zero-order valence-corrected chi connectivity index (χ0v) is 14.1. The van der Waals surface area contributed by atoms with Gasteiger partial charge in [0.1, 0.15) is 0 Å². The molecule has 21 heavy (non-hydrogen) atoms. The molecule has 2 aromatic carbocycles. The van der Waals surface area contributed by atoms with Gasteiger partial charge in [0.2, 0.25) is 0 Å². The Hall–Kier alpha value is -1.37. The van der Waals surface area contributed by atoms with Crippen LogP contribution in [0, 0.1) is 13.8 Å². The van der Waals surface area contributed by atoms with Crippen molar-refractivity contribution < 1.29 is 13.5 Å². The molecule has 2 aromatic rings. The minimum atomic E-state index is -3.69. The van der Waals surface area contributed by atoms with E-state index < -0.39 is 10.0 Å². The van der Waals surface area contributed by atoms with Crippen molar-refractivity contribution in [1.82, 2.24) is 0 Å². The number of hydrogen-bond acceptors (Lipinski definition) is 3. The van der Waals surface area contributed by atoms with Crippen LogP contribution in [0.1, 0.15) is 16.7 Å². The molecule has 0 saturated heterocycles. The van der Waals surface area contributed by atoms with Crippen LogP contribution in [0.2, 0.25) is 0 Å². The SMILES string of the molecule is Cc1ccc(Br)c(NS(=O)(=O)c2ccc(C)c(CO)c2)c1. The van der Waals surface area contributed by atoms with Crippen LogP contribution in [0.3, 0.4) is 0 Å². The number of aliphatic hydroxyl groups is 1. The molecule has 0 bridgehead atoms. The third kappa shape index (κ3) is 3.64. The summed E-state index contributed by atoms with van der Waals surface area (Å²) in [5, 5.41) is 9.26. The van der Waals surface area contributed by atoms with Gasteiger partial charge in [-0.3, -0.25) is 4.72 Å². The molecule has 2 N–H and O–H groups in total. The molecule has 0 aliphatic carbocycles. The fourth-order valence-corrected chi connectivity index (χ4v) is 3.50. The Labute approximate surface area is 133 Å². The van der Waals surface area contributed by atoms with Crippen LogP contribution in [0.15, 0.2) is 45.8 Å². The van der Waals surface area contributed by atoms with E-state index >= 15 is 0 Å². The second-order valence-corrected chi connectivity index (χ2v) is 7.37. The van der Waals surface area contributed by atoms with Crippen molar-refractivity contribution in [3.8, 4) is 0 Å². The number of anilines is 1. The van der Waals surface area contributed by atoms with Crippen LogP contribution in [0.4, 0.5) is 5.69 Å². The summed E-state index contributed by atoms with van der Waals surface area (Å²) in [7, 11) is -3.69. The van der Waals surface area contributed by atoms with Crippen LogP contribution in [0.25, 0.3) is 0 Å². The highest BCUT2D eigenvalue weighted by atomic mass is 79.9. The van der Waals surface area contributed by atoms with Gasteiger partial charge in [-0.25, -0.2) is 8.42 Å². The van der Waals surface area contributed by atoms with E-state index in [0.29, 0.717) is 15.7 Å². The summed E-state index contributed by atoms with van der Waals surface area (Å²) in [4.78, 5) is 0.130. The molecule has 0 aliphatic heterocycles. The summed E-state index contributed by atoms with van der Waals surface area (Å²) in [6, 6.07) is 10.1. The summed E-state index contributed by atoms with van der Waals surface area (Å²) in [5.74, 6) is 0. The van der Waals surface area contributed by atoms with E-state index in [-0.39, 0.29) is 11.5 Å². The number of hydrogen-bond donors (Lipinski definition) is 2. The molecule has 0 spiro atoms. The Balaban J connectivity index is 2.41. The first-order valence-corrected chi connectivity index (χ1v) is 8.60. The predicted molar refractivity (Wildman–Crippen MR) is 86.8 cm³/mol. The van der Waals surface area contributed by atoms with Gasteiger partial charge in [-0.1, -0.05) is 12.1 Å². The number of halogens is 1. The molecular formula is C15H16BrNO3S. The highest BCUT2D eigenvalue weighted by Gasteiger charge is 2.16. The van der Waals surface area contributed by atoms with Gasteiger partial charge in [-0.05, 0) is 70.7 Å². The Morgan fingerprint density at radius 3 is 2.52 bits per heavy atom. The van der Waals surface area contributed by atoms with Crippen molar-refractivity contribution in [2.75, 3.05) is 4.72 Å². The lowest BCUT2D eigenvalue weighted by Crippen LogP contribution is -2.14.